The molecule has 1 aromatic carbocycles. The highest BCUT2D eigenvalue weighted by atomic mass is 35.5. The maximum atomic E-state index is 6.32. The average molecular weight is 329 g/mol. The highest BCUT2D eigenvalue weighted by Gasteiger charge is 2.40. The predicted octanol–water partition coefficient (Wildman–Crippen LogP) is 5.34. The molecule has 1 aromatic rings. The first kappa shape index (κ1) is 15.5. The Labute approximate surface area is 136 Å². The van der Waals surface area contributed by atoms with Crippen LogP contribution in [0.3, 0.4) is 0 Å². The van der Waals surface area contributed by atoms with Crippen molar-refractivity contribution in [3.8, 4) is 5.75 Å². The zero-order chi connectivity index (χ0) is 14.7. The van der Waals surface area contributed by atoms with Crippen molar-refractivity contribution >= 4 is 23.2 Å². The molecule has 2 nitrogen and oxygen atoms in total. The zero-order valence-electron chi connectivity index (χ0n) is 12.2. The quantitative estimate of drug-likeness (QED) is 0.694. The van der Waals surface area contributed by atoms with E-state index >= 15 is 0 Å². The van der Waals surface area contributed by atoms with Gasteiger partial charge < -0.3 is 9.47 Å². The van der Waals surface area contributed by atoms with Gasteiger partial charge in [-0.05, 0) is 31.7 Å². The Morgan fingerprint density at radius 3 is 2.76 bits per heavy atom. The Morgan fingerprint density at radius 2 is 2.00 bits per heavy atom. The Morgan fingerprint density at radius 1 is 1.19 bits per heavy atom. The summed E-state index contributed by atoms with van der Waals surface area (Å²) >= 11 is 12.2. The summed E-state index contributed by atoms with van der Waals surface area (Å²) in [5.41, 5.74) is 1.08. The van der Waals surface area contributed by atoms with Crippen molar-refractivity contribution in [3.63, 3.8) is 0 Å². The molecule has 1 saturated heterocycles. The van der Waals surface area contributed by atoms with E-state index in [1.807, 2.05) is 18.2 Å². The second-order valence-corrected chi connectivity index (χ2v) is 6.87. The van der Waals surface area contributed by atoms with Crippen molar-refractivity contribution in [2.45, 2.75) is 62.5 Å². The van der Waals surface area contributed by atoms with Gasteiger partial charge in [0.25, 0.3) is 0 Å². The van der Waals surface area contributed by atoms with Crippen molar-refractivity contribution in [2.75, 3.05) is 6.61 Å². The molecule has 2 fully saturated rings. The number of rotatable bonds is 4. The third kappa shape index (κ3) is 3.49. The minimum absolute atomic E-state index is 0.141. The molecule has 0 N–H and O–H groups in total. The van der Waals surface area contributed by atoms with E-state index in [4.69, 9.17) is 32.7 Å². The van der Waals surface area contributed by atoms with Gasteiger partial charge in [0.2, 0.25) is 0 Å². The molecule has 1 heterocycles. The monoisotopic (exact) mass is 328 g/mol. The summed E-state index contributed by atoms with van der Waals surface area (Å²) in [6, 6.07) is 5.69. The summed E-state index contributed by atoms with van der Waals surface area (Å²) in [7, 11) is 0. The molecule has 116 valence electrons. The summed E-state index contributed by atoms with van der Waals surface area (Å²) in [5, 5.41) is 0.624. The van der Waals surface area contributed by atoms with Gasteiger partial charge in [0.15, 0.2) is 0 Å². The lowest BCUT2D eigenvalue weighted by molar-refractivity contribution is -0.0749. The number of para-hydroxylation sites is 1. The predicted molar refractivity (Wildman–Crippen MR) is 86.4 cm³/mol. The fourth-order valence-corrected chi connectivity index (χ4v) is 4.03. The number of hydrogen-bond acceptors (Lipinski definition) is 2. The van der Waals surface area contributed by atoms with Gasteiger partial charge in [-0.15, -0.1) is 11.6 Å². The summed E-state index contributed by atoms with van der Waals surface area (Å²) in [5.74, 6) is 1.12. The second-order valence-electron chi connectivity index (χ2n) is 6.19. The van der Waals surface area contributed by atoms with Crippen LogP contribution in [0.15, 0.2) is 18.2 Å². The van der Waals surface area contributed by atoms with Crippen LogP contribution in [0.2, 0.25) is 5.02 Å². The molecule has 1 aliphatic heterocycles. The summed E-state index contributed by atoms with van der Waals surface area (Å²) in [6.07, 6.45) is 8.81. The van der Waals surface area contributed by atoms with E-state index in [0.29, 0.717) is 23.3 Å². The lowest BCUT2D eigenvalue weighted by atomic mass is 9.83. The molecule has 1 aliphatic carbocycles. The van der Waals surface area contributed by atoms with Crippen LogP contribution >= 0.6 is 23.2 Å². The van der Waals surface area contributed by atoms with Gasteiger partial charge in [0, 0.05) is 5.56 Å². The summed E-state index contributed by atoms with van der Waals surface area (Å²) in [4.78, 5) is 0. The van der Waals surface area contributed by atoms with Gasteiger partial charge in [0.05, 0.1) is 22.6 Å². The van der Waals surface area contributed by atoms with Crippen molar-refractivity contribution in [1.29, 1.82) is 0 Å². The topological polar surface area (TPSA) is 18.5 Å². The van der Waals surface area contributed by atoms with Crippen LogP contribution in [0, 0.1) is 0 Å². The maximum Gasteiger partial charge on any atom is 0.142 e. The Hall–Kier alpha value is -0.440. The number of ether oxygens (including phenoxy) is 2. The van der Waals surface area contributed by atoms with Crippen LogP contribution < -0.4 is 4.74 Å². The second kappa shape index (κ2) is 6.76. The Kier molecular flexibility index (Phi) is 4.98. The number of alkyl halides is 1. The molecule has 1 saturated carbocycles. The molecule has 1 spiro atoms. The largest absolute Gasteiger partial charge is 0.489 e. The maximum absolute atomic E-state index is 6.32. The van der Waals surface area contributed by atoms with Gasteiger partial charge >= 0.3 is 0 Å². The van der Waals surface area contributed by atoms with E-state index in [2.05, 4.69) is 0 Å². The van der Waals surface area contributed by atoms with Crippen LogP contribution in [0.25, 0.3) is 0 Å². The zero-order valence-corrected chi connectivity index (χ0v) is 13.8. The van der Waals surface area contributed by atoms with Crippen molar-refractivity contribution in [1.82, 2.24) is 0 Å². The molecule has 3 rings (SSSR count). The normalized spacial score (nSPS) is 24.4. The SMILES string of the molecule is ClCc1cccc(Cl)c1OCC1CCC2(CCCCC2)O1. The fraction of sp³-hybridized carbons (Fsp3) is 0.647. The fourth-order valence-electron chi connectivity index (χ4n) is 3.57. The van der Waals surface area contributed by atoms with Crippen LogP contribution in [0.5, 0.6) is 5.75 Å². The molecule has 21 heavy (non-hydrogen) atoms. The van der Waals surface area contributed by atoms with Gasteiger partial charge in [-0.2, -0.15) is 0 Å². The molecular weight excluding hydrogens is 307 g/mol. The third-order valence-corrected chi connectivity index (χ3v) is 5.30. The molecule has 1 atom stereocenters. The van der Waals surface area contributed by atoms with Gasteiger partial charge in [0.1, 0.15) is 12.4 Å². The van der Waals surface area contributed by atoms with Crippen molar-refractivity contribution in [2.24, 2.45) is 0 Å². The van der Waals surface area contributed by atoms with E-state index in [-0.39, 0.29) is 11.7 Å². The van der Waals surface area contributed by atoms with Crippen LogP contribution in [0.1, 0.15) is 50.5 Å². The molecular formula is C17H22Cl2O2. The average Bonchev–Trinajstić information content (AvgIpc) is 2.89. The molecule has 0 radical (unpaired) electrons. The van der Waals surface area contributed by atoms with E-state index in [0.717, 1.165) is 12.0 Å². The smallest absolute Gasteiger partial charge is 0.142 e. The molecule has 0 amide bonds. The van der Waals surface area contributed by atoms with Crippen LogP contribution in [0.4, 0.5) is 0 Å². The van der Waals surface area contributed by atoms with E-state index in [1.54, 1.807) is 0 Å². The van der Waals surface area contributed by atoms with E-state index in [1.165, 1.54) is 38.5 Å². The molecule has 4 heteroatoms. The highest BCUT2D eigenvalue weighted by Crippen LogP contribution is 2.42. The lowest BCUT2D eigenvalue weighted by Gasteiger charge is -2.33. The van der Waals surface area contributed by atoms with E-state index in [9.17, 15) is 0 Å². The molecule has 0 aromatic heterocycles. The van der Waals surface area contributed by atoms with Crippen molar-refractivity contribution < 1.29 is 9.47 Å². The van der Waals surface area contributed by atoms with Crippen LogP contribution in [-0.4, -0.2) is 18.3 Å². The Balaban J connectivity index is 1.59. The Bertz CT molecular complexity index is 484. The molecule has 1 unspecified atom stereocenters. The first-order valence-corrected chi connectivity index (χ1v) is 8.78. The van der Waals surface area contributed by atoms with E-state index < -0.39 is 0 Å². The number of halogens is 2. The van der Waals surface area contributed by atoms with Crippen molar-refractivity contribution in [3.05, 3.63) is 28.8 Å². The minimum Gasteiger partial charge on any atom is -0.489 e. The van der Waals surface area contributed by atoms with Gasteiger partial charge in [-0.1, -0.05) is 43.0 Å². The minimum atomic E-state index is 0.141. The standard InChI is InChI=1S/C17H22Cl2O2/c18-11-13-5-4-6-15(19)16(13)20-12-14-7-10-17(21-14)8-2-1-3-9-17/h4-6,14H,1-3,7-12H2. The molecule has 2 aliphatic rings. The highest BCUT2D eigenvalue weighted by molar-refractivity contribution is 6.32. The summed E-state index contributed by atoms with van der Waals surface area (Å²) < 4.78 is 12.3. The van der Waals surface area contributed by atoms with Gasteiger partial charge in [-0.3, -0.25) is 0 Å². The third-order valence-electron chi connectivity index (χ3n) is 4.71. The number of benzene rings is 1. The van der Waals surface area contributed by atoms with Crippen LogP contribution in [-0.2, 0) is 10.6 Å². The summed E-state index contributed by atoms with van der Waals surface area (Å²) in [6.45, 7) is 0.565. The van der Waals surface area contributed by atoms with Gasteiger partial charge in [-0.25, -0.2) is 0 Å². The molecule has 0 bridgehead atoms. The first-order chi connectivity index (χ1) is 10.2. The first-order valence-electron chi connectivity index (χ1n) is 7.86. The lowest BCUT2D eigenvalue weighted by Crippen LogP contribution is -2.33. The number of hydrogen-bond donors (Lipinski definition) is 0.